The summed E-state index contributed by atoms with van der Waals surface area (Å²) in [5.74, 6) is 0.0227. The van der Waals surface area contributed by atoms with Crippen molar-refractivity contribution < 1.29 is 13.2 Å². The van der Waals surface area contributed by atoms with Gasteiger partial charge in [-0.1, -0.05) is 0 Å². The summed E-state index contributed by atoms with van der Waals surface area (Å²) in [7, 11) is -1.39. The van der Waals surface area contributed by atoms with Gasteiger partial charge in [-0.2, -0.15) is 0 Å². The van der Waals surface area contributed by atoms with Crippen molar-refractivity contribution in [2.75, 3.05) is 32.5 Å². The summed E-state index contributed by atoms with van der Waals surface area (Å²) in [6, 6.07) is 0. The molecule has 0 aliphatic heterocycles. The molecule has 0 heterocycles. The van der Waals surface area contributed by atoms with Gasteiger partial charge >= 0.3 is 0 Å². The highest BCUT2D eigenvalue weighted by atomic mass is 35.5. The minimum atomic E-state index is -3.16. The van der Waals surface area contributed by atoms with Crippen molar-refractivity contribution in [3.05, 3.63) is 0 Å². The first kappa shape index (κ1) is 17.5. The van der Waals surface area contributed by atoms with Gasteiger partial charge in [0, 0.05) is 13.1 Å². The highest BCUT2D eigenvalue weighted by Crippen LogP contribution is 1.90. The van der Waals surface area contributed by atoms with Crippen LogP contribution in [0, 0.1) is 0 Å². The zero-order valence-corrected chi connectivity index (χ0v) is 11.1. The third-order valence-corrected chi connectivity index (χ3v) is 2.85. The molecule has 94 valence electrons. The molecular formula is C8H21ClN2O3S. The Morgan fingerprint density at radius 3 is 2.33 bits per heavy atom. The van der Waals surface area contributed by atoms with Gasteiger partial charge in [-0.15, -0.1) is 12.4 Å². The normalized spacial score (nSPS) is 11.5. The lowest BCUT2D eigenvalue weighted by molar-refractivity contribution is 0.0911. The van der Waals surface area contributed by atoms with Gasteiger partial charge < -0.3 is 10.1 Å². The van der Waals surface area contributed by atoms with Crippen LogP contribution in [0.3, 0.4) is 0 Å². The fourth-order valence-electron chi connectivity index (χ4n) is 0.797. The van der Waals surface area contributed by atoms with Crippen molar-refractivity contribution in [2.24, 2.45) is 0 Å². The molecule has 0 aliphatic carbocycles. The van der Waals surface area contributed by atoms with Crippen LogP contribution < -0.4 is 10.0 Å². The van der Waals surface area contributed by atoms with Crippen molar-refractivity contribution in [3.63, 3.8) is 0 Å². The average molecular weight is 261 g/mol. The Morgan fingerprint density at radius 1 is 1.27 bits per heavy atom. The van der Waals surface area contributed by atoms with E-state index in [2.05, 4.69) is 10.0 Å². The Kier molecular flexibility index (Phi) is 10.9. The van der Waals surface area contributed by atoms with Crippen LogP contribution >= 0.6 is 12.4 Å². The molecule has 7 heteroatoms. The summed E-state index contributed by atoms with van der Waals surface area (Å²) < 4.78 is 30.1. The van der Waals surface area contributed by atoms with E-state index in [0.717, 1.165) is 0 Å². The third-order valence-electron chi connectivity index (χ3n) is 1.50. The molecule has 0 aromatic carbocycles. The number of sulfonamides is 1. The lowest BCUT2D eigenvalue weighted by Crippen LogP contribution is -2.33. The topological polar surface area (TPSA) is 67.4 Å². The SMILES string of the molecule is CNCCNS(=O)(=O)CCOC(C)C.Cl. The second kappa shape index (κ2) is 9.35. The standard InChI is InChI=1S/C8H20N2O3S.ClH/c1-8(2)13-6-7-14(11,12)10-5-4-9-3;/h8-10H,4-7H2,1-3H3;1H. The van der Waals surface area contributed by atoms with E-state index in [9.17, 15) is 8.42 Å². The fraction of sp³-hybridized carbons (Fsp3) is 1.00. The van der Waals surface area contributed by atoms with Gasteiger partial charge in [0.1, 0.15) is 0 Å². The van der Waals surface area contributed by atoms with E-state index in [4.69, 9.17) is 4.74 Å². The highest BCUT2D eigenvalue weighted by molar-refractivity contribution is 7.89. The van der Waals surface area contributed by atoms with E-state index in [0.29, 0.717) is 13.1 Å². The van der Waals surface area contributed by atoms with Gasteiger partial charge in [0.25, 0.3) is 0 Å². The van der Waals surface area contributed by atoms with E-state index < -0.39 is 10.0 Å². The van der Waals surface area contributed by atoms with Crippen LogP contribution in [0.15, 0.2) is 0 Å². The maximum atomic E-state index is 11.3. The van der Waals surface area contributed by atoms with Gasteiger partial charge in [-0.3, -0.25) is 0 Å². The van der Waals surface area contributed by atoms with Crippen LogP contribution in [-0.2, 0) is 14.8 Å². The van der Waals surface area contributed by atoms with Crippen molar-refractivity contribution >= 4 is 22.4 Å². The van der Waals surface area contributed by atoms with Crippen molar-refractivity contribution in [2.45, 2.75) is 20.0 Å². The Morgan fingerprint density at radius 2 is 1.87 bits per heavy atom. The molecule has 0 aliphatic rings. The minimum absolute atomic E-state index is 0. The molecule has 0 fully saturated rings. The predicted molar refractivity (Wildman–Crippen MR) is 64.1 cm³/mol. The Hall–Kier alpha value is 0.120. The van der Waals surface area contributed by atoms with Crippen LogP contribution in [-0.4, -0.2) is 47.0 Å². The average Bonchev–Trinajstić information content (AvgIpc) is 2.03. The molecule has 0 saturated heterocycles. The molecule has 0 radical (unpaired) electrons. The molecular weight excluding hydrogens is 240 g/mol. The second-order valence-corrected chi connectivity index (χ2v) is 5.16. The zero-order chi connectivity index (χ0) is 11.0. The molecule has 0 amide bonds. The molecule has 0 bridgehead atoms. The van der Waals surface area contributed by atoms with E-state index in [1.54, 1.807) is 7.05 Å². The van der Waals surface area contributed by atoms with Gasteiger partial charge in [0.2, 0.25) is 10.0 Å². The number of hydrogen-bond donors (Lipinski definition) is 2. The van der Waals surface area contributed by atoms with Gasteiger partial charge in [-0.05, 0) is 20.9 Å². The Balaban J connectivity index is 0. The summed E-state index contributed by atoms with van der Waals surface area (Å²) >= 11 is 0. The highest BCUT2D eigenvalue weighted by Gasteiger charge is 2.08. The summed E-state index contributed by atoms with van der Waals surface area (Å²) in [4.78, 5) is 0. The summed E-state index contributed by atoms with van der Waals surface area (Å²) in [5, 5.41) is 2.86. The molecule has 0 rings (SSSR count). The maximum absolute atomic E-state index is 11.3. The molecule has 0 unspecified atom stereocenters. The van der Waals surface area contributed by atoms with Crippen LogP contribution in [0.25, 0.3) is 0 Å². The monoisotopic (exact) mass is 260 g/mol. The minimum Gasteiger partial charge on any atom is -0.378 e. The van der Waals surface area contributed by atoms with Crippen molar-refractivity contribution in [1.82, 2.24) is 10.0 Å². The van der Waals surface area contributed by atoms with E-state index in [-0.39, 0.29) is 30.9 Å². The molecule has 0 atom stereocenters. The smallest absolute Gasteiger partial charge is 0.213 e. The molecule has 0 aromatic heterocycles. The number of ether oxygens (including phenoxy) is 1. The number of rotatable bonds is 8. The van der Waals surface area contributed by atoms with Crippen LogP contribution in [0.4, 0.5) is 0 Å². The first-order valence-corrected chi connectivity index (χ1v) is 6.36. The summed E-state index contributed by atoms with van der Waals surface area (Å²) in [5.41, 5.74) is 0. The number of halogens is 1. The van der Waals surface area contributed by atoms with Crippen molar-refractivity contribution in [1.29, 1.82) is 0 Å². The van der Waals surface area contributed by atoms with Gasteiger partial charge in [0.05, 0.1) is 18.5 Å². The van der Waals surface area contributed by atoms with Crippen LogP contribution in [0.1, 0.15) is 13.8 Å². The third kappa shape index (κ3) is 12.0. The number of hydrogen-bond acceptors (Lipinski definition) is 4. The maximum Gasteiger partial charge on any atom is 0.213 e. The molecule has 5 nitrogen and oxygen atoms in total. The Bertz CT molecular complexity index is 232. The first-order chi connectivity index (χ1) is 6.48. The van der Waals surface area contributed by atoms with E-state index in [1.807, 2.05) is 13.8 Å². The predicted octanol–water partition coefficient (Wildman–Crippen LogP) is -0.0280. The zero-order valence-electron chi connectivity index (χ0n) is 9.45. The fourth-order valence-corrected chi connectivity index (χ4v) is 1.67. The Labute approximate surface area is 98.4 Å². The summed E-state index contributed by atoms with van der Waals surface area (Å²) in [6.45, 7) is 5.04. The van der Waals surface area contributed by atoms with Crippen LogP contribution in [0.5, 0.6) is 0 Å². The van der Waals surface area contributed by atoms with Crippen molar-refractivity contribution in [3.8, 4) is 0 Å². The number of nitrogens with one attached hydrogen (secondary N) is 2. The van der Waals surface area contributed by atoms with Gasteiger partial charge in [0.15, 0.2) is 0 Å². The van der Waals surface area contributed by atoms with Crippen LogP contribution in [0.2, 0.25) is 0 Å². The summed E-state index contributed by atoms with van der Waals surface area (Å²) in [6.07, 6.45) is 0.0718. The molecule has 0 saturated carbocycles. The van der Waals surface area contributed by atoms with E-state index in [1.165, 1.54) is 0 Å². The second-order valence-electron chi connectivity index (χ2n) is 3.24. The molecule has 2 N–H and O–H groups in total. The van der Waals surface area contributed by atoms with E-state index >= 15 is 0 Å². The molecule has 0 aromatic rings. The molecule has 0 spiro atoms. The quantitative estimate of drug-likeness (QED) is 0.602. The largest absolute Gasteiger partial charge is 0.378 e. The first-order valence-electron chi connectivity index (χ1n) is 4.71. The number of likely N-dealkylation sites (N-methyl/N-ethyl adjacent to an activating group) is 1. The van der Waals surface area contributed by atoms with Gasteiger partial charge in [-0.25, -0.2) is 13.1 Å². The lowest BCUT2D eigenvalue weighted by atomic mass is 10.5. The molecule has 15 heavy (non-hydrogen) atoms. The lowest BCUT2D eigenvalue weighted by Gasteiger charge is -2.08.